The number of rotatable bonds is 1. The van der Waals surface area contributed by atoms with Crippen LogP contribution in [0.2, 0.25) is 0 Å². The van der Waals surface area contributed by atoms with Gasteiger partial charge in [-0.05, 0) is 76.0 Å². The van der Waals surface area contributed by atoms with Crippen molar-refractivity contribution in [3.63, 3.8) is 0 Å². The van der Waals surface area contributed by atoms with Crippen molar-refractivity contribution in [3.05, 3.63) is 88.2 Å². The molecule has 0 saturated heterocycles. The molecule has 0 spiro atoms. The molecule has 2 aliphatic heterocycles. The summed E-state index contributed by atoms with van der Waals surface area (Å²) in [5.74, 6) is 1.97. The van der Waals surface area contributed by atoms with Crippen LogP contribution in [0.3, 0.4) is 0 Å². The normalized spacial score (nSPS) is 31.1. The molecule has 1 nitrogen and oxygen atoms in total. The van der Waals surface area contributed by atoms with Crippen LogP contribution in [0.5, 0.6) is 0 Å². The summed E-state index contributed by atoms with van der Waals surface area (Å²) >= 11 is 0. The molecule has 0 fully saturated rings. The second-order valence-electron chi connectivity index (χ2n) is 11.0. The number of allylic oxidation sites excluding steroid dienone is 8. The molecule has 0 radical (unpaired) electrons. The Hall–Kier alpha value is -2.28. The van der Waals surface area contributed by atoms with Gasteiger partial charge in [0.2, 0.25) is 0 Å². The fourth-order valence-corrected chi connectivity index (χ4v) is 6.47. The zero-order valence-corrected chi connectivity index (χ0v) is 18.8. The van der Waals surface area contributed by atoms with E-state index in [0.29, 0.717) is 17.9 Å². The molecule has 4 unspecified atom stereocenters. The summed E-state index contributed by atoms with van der Waals surface area (Å²) in [6, 6.07) is 5.23. The topological polar surface area (TPSA) is 3.24 Å². The molecule has 1 heteroatoms. The highest BCUT2D eigenvalue weighted by Crippen LogP contribution is 2.54. The Morgan fingerprint density at radius 2 is 1.87 bits per heavy atom. The van der Waals surface area contributed by atoms with Crippen molar-refractivity contribution < 1.29 is 0 Å². The zero-order chi connectivity index (χ0) is 20.6. The fraction of sp³-hybridized carbons (Fsp3) is 0.448. The van der Waals surface area contributed by atoms with Crippen molar-refractivity contribution in [2.24, 2.45) is 17.3 Å². The van der Waals surface area contributed by atoms with Crippen LogP contribution in [-0.2, 0) is 6.54 Å². The van der Waals surface area contributed by atoms with Crippen LogP contribution < -0.4 is 0 Å². The van der Waals surface area contributed by atoms with Gasteiger partial charge < -0.3 is 4.90 Å². The lowest BCUT2D eigenvalue weighted by molar-refractivity contribution is 0.339. The maximum atomic E-state index is 2.54. The average Bonchev–Trinajstić information content (AvgIpc) is 3.44. The summed E-state index contributed by atoms with van der Waals surface area (Å²) in [4.78, 5) is 2.53. The van der Waals surface area contributed by atoms with E-state index in [1.807, 2.05) is 0 Å². The minimum absolute atomic E-state index is 0.192. The fourth-order valence-electron chi connectivity index (χ4n) is 6.47. The average molecular weight is 396 g/mol. The molecule has 1 aromatic rings. The Labute approximate surface area is 181 Å². The van der Waals surface area contributed by atoms with Crippen LogP contribution >= 0.6 is 0 Å². The van der Waals surface area contributed by atoms with Gasteiger partial charge in [-0.3, -0.25) is 0 Å². The predicted molar refractivity (Wildman–Crippen MR) is 126 cm³/mol. The third-order valence-electron chi connectivity index (χ3n) is 8.19. The van der Waals surface area contributed by atoms with Gasteiger partial charge in [0.05, 0.1) is 6.04 Å². The van der Waals surface area contributed by atoms with Crippen LogP contribution in [-0.4, -0.2) is 4.90 Å². The van der Waals surface area contributed by atoms with E-state index in [4.69, 9.17) is 0 Å². The summed E-state index contributed by atoms with van der Waals surface area (Å²) < 4.78 is 0. The Morgan fingerprint density at radius 3 is 2.63 bits per heavy atom. The summed E-state index contributed by atoms with van der Waals surface area (Å²) in [5.41, 5.74) is 11.1. The Morgan fingerprint density at radius 1 is 1.00 bits per heavy atom. The lowest BCUT2D eigenvalue weighted by atomic mass is 9.79. The first-order valence-corrected chi connectivity index (χ1v) is 11.8. The standard InChI is InChI=1S/C29H33N/c1-18-25-15-20(19-7-5-6-8-19)9-11-23(25)24-12-10-21-17-30-14-13-22(29(2,3)4)16-26(30)28(21)27(18)24/h5,7,9-14,16,18-20,26H,6,8,15,17H2,1-4H3. The quantitative estimate of drug-likeness (QED) is 0.446. The van der Waals surface area contributed by atoms with Crippen molar-refractivity contribution in [1.29, 1.82) is 0 Å². The third kappa shape index (κ3) is 2.60. The molecule has 1 aromatic carbocycles. The smallest absolute Gasteiger partial charge is 0.0737 e. The van der Waals surface area contributed by atoms with Crippen molar-refractivity contribution in [1.82, 2.24) is 4.90 Å². The minimum atomic E-state index is 0.192. The molecule has 0 N–H and O–H groups in total. The van der Waals surface area contributed by atoms with E-state index >= 15 is 0 Å². The molecule has 4 atom stereocenters. The van der Waals surface area contributed by atoms with E-state index in [0.717, 1.165) is 12.5 Å². The van der Waals surface area contributed by atoms with Crippen LogP contribution in [0.25, 0.3) is 5.57 Å². The molecule has 0 aromatic heterocycles. The monoisotopic (exact) mass is 395 g/mol. The van der Waals surface area contributed by atoms with Gasteiger partial charge in [0, 0.05) is 18.7 Å². The highest BCUT2D eigenvalue weighted by atomic mass is 15.2. The maximum Gasteiger partial charge on any atom is 0.0737 e. The molecule has 154 valence electrons. The number of nitrogens with zero attached hydrogens (tertiary/aromatic N) is 1. The predicted octanol–water partition coefficient (Wildman–Crippen LogP) is 7.46. The Kier molecular flexibility index (Phi) is 3.92. The van der Waals surface area contributed by atoms with Gasteiger partial charge in [-0.2, -0.15) is 0 Å². The van der Waals surface area contributed by atoms with Gasteiger partial charge in [0.25, 0.3) is 0 Å². The Balaban J connectivity index is 1.40. The third-order valence-corrected chi connectivity index (χ3v) is 8.19. The summed E-state index contributed by atoms with van der Waals surface area (Å²) in [5, 5.41) is 0. The molecule has 30 heavy (non-hydrogen) atoms. The molecular formula is C29H33N. The molecule has 3 aliphatic carbocycles. The number of hydrogen-bond acceptors (Lipinski definition) is 1. The molecule has 0 amide bonds. The number of fused-ring (bicyclic) bond motifs is 6. The van der Waals surface area contributed by atoms with Crippen molar-refractivity contribution >= 4 is 5.57 Å². The summed E-state index contributed by atoms with van der Waals surface area (Å²) in [6.07, 6.45) is 20.9. The minimum Gasteiger partial charge on any atom is -0.363 e. The first-order valence-electron chi connectivity index (χ1n) is 11.8. The molecular weight excluding hydrogens is 362 g/mol. The van der Waals surface area contributed by atoms with Crippen molar-refractivity contribution in [2.45, 2.75) is 65.5 Å². The number of benzene rings is 1. The molecule has 6 rings (SSSR count). The lowest BCUT2D eigenvalue weighted by Crippen LogP contribution is -2.21. The maximum absolute atomic E-state index is 2.54. The molecule has 0 saturated carbocycles. The van der Waals surface area contributed by atoms with E-state index in [2.05, 4.69) is 87.4 Å². The van der Waals surface area contributed by atoms with Gasteiger partial charge in [-0.15, -0.1) is 0 Å². The van der Waals surface area contributed by atoms with Crippen LogP contribution in [0, 0.1) is 17.3 Å². The van der Waals surface area contributed by atoms with E-state index in [1.54, 1.807) is 16.7 Å². The van der Waals surface area contributed by atoms with Crippen molar-refractivity contribution in [3.8, 4) is 0 Å². The van der Waals surface area contributed by atoms with Gasteiger partial charge in [0.1, 0.15) is 0 Å². The zero-order valence-electron chi connectivity index (χ0n) is 18.8. The first-order chi connectivity index (χ1) is 14.4. The largest absolute Gasteiger partial charge is 0.363 e. The highest BCUT2D eigenvalue weighted by molar-refractivity contribution is 5.87. The van der Waals surface area contributed by atoms with Gasteiger partial charge >= 0.3 is 0 Å². The first kappa shape index (κ1) is 18.5. The summed E-state index contributed by atoms with van der Waals surface area (Å²) in [7, 11) is 0. The second-order valence-corrected chi connectivity index (χ2v) is 11.0. The summed E-state index contributed by atoms with van der Waals surface area (Å²) in [6.45, 7) is 10.5. The van der Waals surface area contributed by atoms with E-state index in [-0.39, 0.29) is 5.41 Å². The molecule has 2 heterocycles. The SMILES string of the molecule is CC1C2=C(C=CC(C3C=CCC3)C2)c2ccc3c(c21)C1C=C(C(C)(C)C)C=CN1C3. The Bertz CT molecular complexity index is 1070. The van der Waals surface area contributed by atoms with Crippen molar-refractivity contribution in [2.75, 3.05) is 0 Å². The van der Waals surface area contributed by atoms with Gasteiger partial charge in [0.15, 0.2) is 0 Å². The van der Waals surface area contributed by atoms with Gasteiger partial charge in [-0.1, -0.05) is 75.8 Å². The molecule has 5 aliphatic rings. The van der Waals surface area contributed by atoms with E-state index in [1.165, 1.54) is 41.5 Å². The van der Waals surface area contributed by atoms with E-state index in [9.17, 15) is 0 Å². The molecule has 0 bridgehead atoms. The van der Waals surface area contributed by atoms with Crippen LogP contribution in [0.4, 0.5) is 0 Å². The van der Waals surface area contributed by atoms with E-state index < -0.39 is 0 Å². The van der Waals surface area contributed by atoms with Crippen LogP contribution in [0.1, 0.15) is 81.2 Å². The van der Waals surface area contributed by atoms with Crippen LogP contribution in [0.15, 0.2) is 65.9 Å². The number of hydrogen-bond donors (Lipinski definition) is 0. The second kappa shape index (κ2) is 6.36. The lowest BCUT2D eigenvalue weighted by Gasteiger charge is -2.31. The van der Waals surface area contributed by atoms with Gasteiger partial charge in [-0.25, -0.2) is 0 Å². The highest BCUT2D eigenvalue weighted by Gasteiger charge is 2.40.